The molecule has 0 radical (unpaired) electrons. The van der Waals surface area contributed by atoms with Crippen LogP contribution in [0.4, 0.5) is 13.2 Å². The topological polar surface area (TPSA) is 40.2 Å². The number of hydrogen-bond acceptors (Lipinski definition) is 2. The van der Waals surface area contributed by atoms with Gasteiger partial charge in [0.05, 0.1) is 0 Å². The monoisotopic (exact) mass is 264 g/mol. The Morgan fingerprint density at radius 3 is 2.78 bits per heavy atom. The molecule has 0 aliphatic rings. The lowest BCUT2D eigenvalue weighted by Crippen LogP contribution is -2.18. The first-order valence-electron chi connectivity index (χ1n) is 5.91. The first-order valence-corrected chi connectivity index (χ1v) is 5.91. The van der Waals surface area contributed by atoms with E-state index in [9.17, 15) is 13.2 Å². The van der Waals surface area contributed by atoms with Gasteiger partial charge in [-0.15, -0.1) is 0 Å². The van der Waals surface area contributed by atoms with Crippen molar-refractivity contribution in [2.75, 3.05) is 13.2 Å². The minimum atomic E-state index is -4.24. The van der Waals surface area contributed by atoms with Crippen LogP contribution in [0.25, 0.3) is 0 Å². The molecule has 2 N–H and O–H groups in total. The fraction of sp³-hybridized carbons (Fsp3) is 0.667. The lowest BCUT2D eigenvalue weighted by molar-refractivity contribution is -0.174. The number of nitrogens with two attached hydrogens (primary N) is 1. The molecular weight excluding hydrogens is 245 g/mol. The third-order valence-corrected chi connectivity index (χ3v) is 2.34. The average Bonchev–Trinajstić information content (AvgIpc) is 2.62. The summed E-state index contributed by atoms with van der Waals surface area (Å²) in [6, 6.07) is 2.08. The van der Waals surface area contributed by atoms with Crippen LogP contribution in [-0.2, 0) is 17.7 Å². The van der Waals surface area contributed by atoms with E-state index in [1.54, 1.807) is 0 Å². The number of aryl methyl sites for hydroxylation is 1. The van der Waals surface area contributed by atoms with Crippen LogP contribution in [0.3, 0.4) is 0 Å². The normalized spacial score (nSPS) is 13.8. The smallest absolute Gasteiger partial charge is 0.372 e. The molecule has 6 heteroatoms. The Labute approximate surface area is 105 Å². The van der Waals surface area contributed by atoms with E-state index in [0.717, 1.165) is 12.0 Å². The highest BCUT2D eigenvalue weighted by molar-refractivity contribution is 5.11. The molecule has 104 valence electrons. The maximum absolute atomic E-state index is 11.8. The van der Waals surface area contributed by atoms with Crippen LogP contribution in [0.2, 0.25) is 0 Å². The second-order valence-corrected chi connectivity index (χ2v) is 4.46. The van der Waals surface area contributed by atoms with Gasteiger partial charge in [-0.2, -0.15) is 13.2 Å². The number of rotatable bonds is 7. The Morgan fingerprint density at radius 2 is 2.17 bits per heavy atom. The maximum atomic E-state index is 11.8. The van der Waals surface area contributed by atoms with Gasteiger partial charge in [0.15, 0.2) is 0 Å². The van der Waals surface area contributed by atoms with Crippen LogP contribution < -0.4 is 5.73 Å². The molecule has 0 aromatic carbocycles. The Morgan fingerprint density at radius 1 is 1.44 bits per heavy atom. The van der Waals surface area contributed by atoms with Crippen molar-refractivity contribution < 1.29 is 17.9 Å². The SMILES string of the molecule is CC(N)Cc1ccn(CCCOCC(F)(F)F)c1. The van der Waals surface area contributed by atoms with Gasteiger partial charge in [-0.1, -0.05) is 0 Å². The van der Waals surface area contributed by atoms with Crippen molar-refractivity contribution in [3.8, 4) is 0 Å². The van der Waals surface area contributed by atoms with Gasteiger partial charge in [0, 0.05) is 31.6 Å². The highest BCUT2D eigenvalue weighted by Gasteiger charge is 2.27. The summed E-state index contributed by atoms with van der Waals surface area (Å²) in [5.74, 6) is 0. The van der Waals surface area contributed by atoms with E-state index < -0.39 is 12.8 Å². The third kappa shape index (κ3) is 6.66. The van der Waals surface area contributed by atoms with Gasteiger partial charge < -0.3 is 15.0 Å². The highest BCUT2D eigenvalue weighted by atomic mass is 19.4. The molecule has 1 aromatic rings. The summed E-state index contributed by atoms with van der Waals surface area (Å²) in [5.41, 5.74) is 6.82. The quantitative estimate of drug-likeness (QED) is 0.768. The van der Waals surface area contributed by atoms with Crippen LogP contribution in [0, 0.1) is 0 Å². The Bertz CT molecular complexity index is 347. The van der Waals surface area contributed by atoms with Crippen molar-refractivity contribution in [1.29, 1.82) is 0 Å². The summed E-state index contributed by atoms with van der Waals surface area (Å²) in [7, 11) is 0. The van der Waals surface area contributed by atoms with E-state index in [1.165, 1.54) is 0 Å². The Balaban J connectivity index is 2.17. The number of alkyl halides is 3. The zero-order valence-corrected chi connectivity index (χ0v) is 10.4. The lowest BCUT2D eigenvalue weighted by atomic mass is 10.1. The molecule has 0 aliphatic heterocycles. The average molecular weight is 264 g/mol. The molecule has 0 saturated carbocycles. The zero-order valence-electron chi connectivity index (χ0n) is 10.4. The first-order chi connectivity index (χ1) is 8.37. The molecule has 0 bridgehead atoms. The standard InChI is InChI=1S/C12H19F3N2O/c1-10(16)7-11-3-5-17(8-11)4-2-6-18-9-12(13,14)15/h3,5,8,10H,2,4,6-7,9,16H2,1H3. The predicted octanol–water partition coefficient (Wildman–Crippen LogP) is 2.35. The molecule has 3 nitrogen and oxygen atoms in total. The van der Waals surface area contributed by atoms with E-state index in [2.05, 4.69) is 4.74 Å². The van der Waals surface area contributed by atoms with Gasteiger partial charge in [0.1, 0.15) is 6.61 Å². The summed E-state index contributed by atoms with van der Waals surface area (Å²) in [6.07, 6.45) is 0.992. The van der Waals surface area contributed by atoms with Gasteiger partial charge in [0.2, 0.25) is 0 Å². The van der Waals surface area contributed by atoms with Crippen LogP contribution in [-0.4, -0.2) is 30.0 Å². The van der Waals surface area contributed by atoms with Gasteiger partial charge >= 0.3 is 6.18 Å². The van der Waals surface area contributed by atoms with E-state index in [4.69, 9.17) is 5.73 Å². The molecule has 0 spiro atoms. The summed E-state index contributed by atoms with van der Waals surface area (Å²) in [6.45, 7) is 1.52. The Hall–Kier alpha value is -1.01. The molecule has 1 heterocycles. The number of aromatic nitrogens is 1. The molecular formula is C12H19F3N2O. The van der Waals surface area contributed by atoms with Crippen molar-refractivity contribution in [3.05, 3.63) is 24.0 Å². The highest BCUT2D eigenvalue weighted by Crippen LogP contribution is 2.14. The molecule has 0 saturated heterocycles. The molecule has 18 heavy (non-hydrogen) atoms. The number of ether oxygens (including phenoxy) is 1. The number of halogens is 3. The van der Waals surface area contributed by atoms with E-state index in [1.807, 2.05) is 30.0 Å². The van der Waals surface area contributed by atoms with Gasteiger partial charge in [0.25, 0.3) is 0 Å². The van der Waals surface area contributed by atoms with Crippen molar-refractivity contribution in [2.45, 2.75) is 38.5 Å². The summed E-state index contributed by atoms with van der Waals surface area (Å²) in [5, 5.41) is 0. The Kier molecular flexibility index (Phi) is 5.68. The lowest BCUT2D eigenvalue weighted by Gasteiger charge is -2.07. The molecule has 1 atom stereocenters. The van der Waals surface area contributed by atoms with Gasteiger partial charge in [-0.25, -0.2) is 0 Å². The second kappa shape index (κ2) is 6.80. The van der Waals surface area contributed by atoms with E-state index in [-0.39, 0.29) is 12.6 Å². The largest absolute Gasteiger partial charge is 0.411 e. The molecule has 1 aromatic heterocycles. The van der Waals surface area contributed by atoms with Gasteiger partial charge in [-0.05, 0) is 31.4 Å². The number of hydrogen-bond donors (Lipinski definition) is 1. The third-order valence-electron chi connectivity index (χ3n) is 2.34. The van der Waals surface area contributed by atoms with Crippen LogP contribution in [0.5, 0.6) is 0 Å². The summed E-state index contributed by atoms with van der Waals surface area (Å²) in [4.78, 5) is 0. The van der Waals surface area contributed by atoms with Crippen LogP contribution in [0.1, 0.15) is 18.9 Å². The molecule has 1 unspecified atom stereocenters. The van der Waals surface area contributed by atoms with Crippen LogP contribution in [0.15, 0.2) is 18.5 Å². The minimum Gasteiger partial charge on any atom is -0.372 e. The second-order valence-electron chi connectivity index (χ2n) is 4.46. The maximum Gasteiger partial charge on any atom is 0.411 e. The summed E-state index contributed by atoms with van der Waals surface area (Å²) >= 11 is 0. The van der Waals surface area contributed by atoms with Crippen molar-refractivity contribution in [1.82, 2.24) is 4.57 Å². The number of nitrogens with zero attached hydrogens (tertiary/aromatic N) is 1. The fourth-order valence-electron chi connectivity index (χ4n) is 1.66. The molecule has 0 fully saturated rings. The minimum absolute atomic E-state index is 0.107. The zero-order chi connectivity index (χ0) is 13.6. The fourth-order valence-corrected chi connectivity index (χ4v) is 1.66. The van der Waals surface area contributed by atoms with Gasteiger partial charge in [-0.3, -0.25) is 0 Å². The molecule has 0 amide bonds. The first kappa shape index (κ1) is 15.0. The molecule has 0 aliphatic carbocycles. The van der Waals surface area contributed by atoms with E-state index in [0.29, 0.717) is 13.0 Å². The van der Waals surface area contributed by atoms with Crippen molar-refractivity contribution in [2.24, 2.45) is 5.73 Å². The van der Waals surface area contributed by atoms with Crippen LogP contribution >= 0.6 is 0 Å². The molecule has 1 rings (SSSR count). The van der Waals surface area contributed by atoms with E-state index >= 15 is 0 Å². The van der Waals surface area contributed by atoms with Crippen molar-refractivity contribution in [3.63, 3.8) is 0 Å². The van der Waals surface area contributed by atoms with Crippen molar-refractivity contribution >= 4 is 0 Å². The summed E-state index contributed by atoms with van der Waals surface area (Å²) < 4.78 is 41.8. The predicted molar refractivity (Wildman–Crippen MR) is 63.3 cm³/mol.